The van der Waals surface area contributed by atoms with Crippen LogP contribution < -0.4 is 0 Å². The Bertz CT molecular complexity index is 1180. The normalized spacial score (nSPS) is 12.1. The topological polar surface area (TPSA) is 57.0 Å². The fraction of sp³-hybridized carbons (Fsp3) is 0.174. The number of carbonyl (C=O) groups excluding carboxylic acids is 1. The summed E-state index contributed by atoms with van der Waals surface area (Å²) < 4.78 is 20.5. The molecule has 2 aromatic carbocycles. The smallest absolute Gasteiger partial charge is 0.319 e. The Morgan fingerprint density at radius 1 is 1.13 bits per heavy atom. The molecule has 0 fully saturated rings. The number of thioether (sulfide) groups is 1. The number of esters is 1. The molecular formula is C23H20FN3O2S. The van der Waals surface area contributed by atoms with Gasteiger partial charge in [-0.3, -0.25) is 4.79 Å². The number of ether oxygens (including phenoxy) is 1. The molecule has 4 aromatic rings. The van der Waals surface area contributed by atoms with E-state index in [2.05, 4.69) is 9.97 Å². The minimum atomic E-state index is -0.416. The fourth-order valence-electron chi connectivity index (χ4n) is 3.23. The van der Waals surface area contributed by atoms with Crippen molar-refractivity contribution in [3.05, 3.63) is 72.9 Å². The van der Waals surface area contributed by atoms with E-state index in [0.717, 1.165) is 22.2 Å². The largest absolute Gasteiger partial charge is 0.465 e. The molecule has 152 valence electrons. The maximum Gasteiger partial charge on any atom is 0.319 e. The molecule has 0 unspecified atom stereocenters. The van der Waals surface area contributed by atoms with E-state index >= 15 is 0 Å². The van der Waals surface area contributed by atoms with Gasteiger partial charge in [0.2, 0.25) is 0 Å². The second-order valence-corrected chi connectivity index (χ2v) is 7.97. The zero-order chi connectivity index (χ0) is 21.1. The van der Waals surface area contributed by atoms with Crippen LogP contribution in [0.4, 0.5) is 4.39 Å². The maximum atomic E-state index is 13.5. The number of carbonyl (C=O) groups is 1. The molecule has 0 radical (unpaired) electrons. The van der Waals surface area contributed by atoms with Crippen molar-refractivity contribution in [1.82, 2.24) is 14.5 Å². The summed E-state index contributed by atoms with van der Waals surface area (Å²) in [4.78, 5) is 21.1. The highest BCUT2D eigenvalue weighted by molar-refractivity contribution is 8.00. The third kappa shape index (κ3) is 3.93. The Morgan fingerprint density at radius 3 is 2.57 bits per heavy atom. The van der Waals surface area contributed by atoms with E-state index in [9.17, 15) is 9.18 Å². The molecule has 0 saturated heterocycles. The lowest BCUT2D eigenvalue weighted by molar-refractivity contribution is -0.142. The van der Waals surface area contributed by atoms with Gasteiger partial charge in [0.15, 0.2) is 0 Å². The van der Waals surface area contributed by atoms with Gasteiger partial charge in [0, 0.05) is 17.4 Å². The van der Waals surface area contributed by atoms with Crippen LogP contribution in [0.1, 0.15) is 13.8 Å². The number of rotatable bonds is 6. The van der Waals surface area contributed by atoms with Crippen LogP contribution >= 0.6 is 11.8 Å². The number of fused-ring (bicyclic) bond motifs is 1. The van der Waals surface area contributed by atoms with E-state index in [1.807, 2.05) is 41.1 Å². The monoisotopic (exact) mass is 421 g/mol. The lowest BCUT2D eigenvalue weighted by Crippen LogP contribution is -2.16. The maximum absolute atomic E-state index is 13.5. The Hall–Kier alpha value is -3.19. The molecule has 0 aliphatic rings. The Labute approximate surface area is 177 Å². The van der Waals surface area contributed by atoms with E-state index in [1.165, 1.54) is 30.2 Å². The van der Waals surface area contributed by atoms with Gasteiger partial charge in [-0.15, -0.1) is 0 Å². The van der Waals surface area contributed by atoms with Crippen LogP contribution in [0, 0.1) is 5.82 Å². The molecular weight excluding hydrogens is 401 g/mol. The summed E-state index contributed by atoms with van der Waals surface area (Å²) in [7, 11) is 0. The molecule has 5 nitrogen and oxygen atoms in total. The van der Waals surface area contributed by atoms with Crippen LogP contribution in [-0.2, 0) is 9.53 Å². The van der Waals surface area contributed by atoms with Gasteiger partial charge >= 0.3 is 5.97 Å². The van der Waals surface area contributed by atoms with Crippen molar-refractivity contribution in [3.63, 3.8) is 0 Å². The average molecular weight is 421 g/mol. The zero-order valence-electron chi connectivity index (χ0n) is 16.6. The van der Waals surface area contributed by atoms with Crippen molar-refractivity contribution >= 4 is 28.8 Å². The van der Waals surface area contributed by atoms with Gasteiger partial charge in [0.05, 0.1) is 12.0 Å². The zero-order valence-corrected chi connectivity index (χ0v) is 17.4. The van der Waals surface area contributed by atoms with Crippen molar-refractivity contribution in [3.8, 4) is 16.8 Å². The molecule has 2 aromatic heterocycles. The van der Waals surface area contributed by atoms with E-state index in [4.69, 9.17) is 4.74 Å². The third-order valence-corrected chi connectivity index (χ3v) is 5.72. The van der Waals surface area contributed by atoms with Crippen molar-refractivity contribution in [2.24, 2.45) is 0 Å². The number of hydrogen-bond donors (Lipinski definition) is 0. The number of nitrogens with zero attached hydrogens (tertiary/aromatic N) is 3. The van der Waals surface area contributed by atoms with Crippen molar-refractivity contribution in [2.45, 2.75) is 24.1 Å². The van der Waals surface area contributed by atoms with Crippen molar-refractivity contribution < 1.29 is 13.9 Å². The molecule has 30 heavy (non-hydrogen) atoms. The molecule has 0 aliphatic heterocycles. The van der Waals surface area contributed by atoms with Gasteiger partial charge in [-0.25, -0.2) is 14.4 Å². The predicted octanol–water partition coefficient (Wildman–Crippen LogP) is 5.27. The van der Waals surface area contributed by atoms with Crippen LogP contribution in [-0.4, -0.2) is 32.4 Å². The van der Waals surface area contributed by atoms with E-state index in [0.29, 0.717) is 17.3 Å². The highest BCUT2D eigenvalue weighted by Gasteiger charge is 2.22. The first-order valence-electron chi connectivity index (χ1n) is 9.59. The van der Waals surface area contributed by atoms with Crippen LogP contribution in [0.3, 0.4) is 0 Å². The van der Waals surface area contributed by atoms with Gasteiger partial charge < -0.3 is 9.30 Å². The third-order valence-electron chi connectivity index (χ3n) is 4.64. The first kappa shape index (κ1) is 20.1. The summed E-state index contributed by atoms with van der Waals surface area (Å²) in [5.74, 6) is -0.582. The summed E-state index contributed by atoms with van der Waals surface area (Å²) in [6, 6.07) is 16.2. The number of hydrogen-bond acceptors (Lipinski definition) is 5. The standard InChI is InChI=1S/C23H20FN3O2S/c1-3-29-23(28)15(2)30-22-20-19(16-7-5-4-6-8-16)13-27(21(20)25-14-26-22)18-11-9-17(24)10-12-18/h4-15H,3H2,1-2H3/t15-/m1/s1. The van der Waals surface area contributed by atoms with Crippen molar-refractivity contribution in [2.75, 3.05) is 6.61 Å². The summed E-state index contributed by atoms with van der Waals surface area (Å²) in [6.45, 7) is 3.92. The van der Waals surface area contributed by atoms with Crippen molar-refractivity contribution in [1.29, 1.82) is 0 Å². The lowest BCUT2D eigenvalue weighted by Gasteiger charge is -2.11. The quantitative estimate of drug-likeness (QED) is 0.241. The van der Waals surface area contributed by atoms with Gasteiger partial charge in [0.25, 0.3) is 0 Å². The summed E-state index contributed by atoms with van der Waals surface area (Å²) in [6.07, 6.45) is 3.46. The summed E-state index contributed by atoms with van der Waals surface area (Å²) in [5.41, 5.74) is 3.42. The first-order valence-corrected chi connectivity index (χ1v) is 10.5. The SMILES string of the molecule is CCOC(=O)[C@@H](C)Sc1ncnc2c1c(-c1ccccc1)cn2-c1ccc(F)cc1. The van der Waals surface area contributed by atoms with Gasteiger partial charge in [-0.05, 0) is 43.7 Å². The second-order valence-electron chi connectivity index (χ2n) is 6.64. The van der Waals surface area contributed by atoms with Crippen LogP contribution in [0.2, 0.25) is 0 Å². The lowest BCUT2D eigenvalue weighted by atomic mass is 10.1. The molecule has 4 rings (SSSR count). The molecule has 7 heteroatoms. The summed E-state index contributed by atoms with van der Waals surface area (Å²) >= 11 is 1.34. The van der Waals surface area contributed by atoms with E-state index < -0.39 is 5.25 Å². The van der Waals surface area contributed by atoms with Gasteiger partial charge in [0.1, 0.15) is 28.1 Å². The fourth-order valence-corrected chi connectivity index (χ4v) is 4.16. The Balaban J connectivity index is 1.89. The molecule has 0 spiro atoms. The molecule has 0 aliphatic carbocycles. The predicted molar refractivity (Wildman–Crippen MR) is 116 cm³/mol. The van der Waals surface area contributed by atoms with Crippen LogP contribution in [0.15, 0.2) is 72.1 Å². The molecule has 1 atom stereocenters. The molecule has 0 N–H and O–H groups in total. The summed E-state index contributed by atoms with van der Waals surface area (Å²) in [5, 5.41) is 1.12. The molecule has 0 saturated carbocycles. The molecule has 0 amide bonds. The van der Waals surface area contributed by atoms with E-state index in [1.54, 1.807) is 26.0 Å². The molecule has 2 heterocycles. The first-order chi connectivity index (χ1) is 14.6. The highest BCUT2D eigenvalue weighted by Crippen LogP contribution is 2.38. The Morgan fingerprint density at radius 2 is 1.87 bits per heavy atom. The van der Waals surface area contributed by atoms with E-state index in [-0.39, 0.29) is 11.8 Å². The van der Waals surface area contributed by atoms with Gasteiger partial charge in [-0.2, -0.15) is 0 Å². The van der Waals surface area contributed by atoms with Crippen LogP contribution in [0.25, 0.3) is 27.8 Å². The van der Waals surface area contributed by atoms with Gasteiger partial charge in [-0.1, -0.05) is 42.1 Å². The average Bonchev–Trinajstić information content (AvgIpc) is 3.16. The minimum absolute atomic E-state index is 0.284. The Kier molecular flexibility index (Phi) is 5.81. The molecule has 0 bridgehead atoms. The van der Waals surface area contributed by atoms with Crippen LogP contribution in [0.5, 0.6) is 0 Å². The minimum Gasteiger partial charge on any atom is -0.465 e. The number of aromatic nitrogens is 3. The second kappa shape index (κ2) is 8.67. The number of benzene rings is 2. The number of halogens is 1. The highest BCUT2D eigenvalue weighted by atomic mass is 32.2.